The summed E-state index contributed by atoms with van der Waals surface area (Å²) in [6.07, 6.45) is 6.34. The van der Waals surface area contributed by atoms with Crippen LogP contribution in [0.5, 0.6) is 0 Å². The maximum absolute atomic E-state index is 6.26. The predicted molar refractivity (Wildman–Crippen MR) is 89.0 cm³/mol. The zero-order valence-electron chi connectivity index (χ0n) is 12.5. The number of alkyl halides is 1. The molecule has 3 nitrogen and oxygen atoms in total. The van der Waals surface area contributed by atoms with Crippen LogP contribution in [0.15, 0.2) is 24.3 Å². The summed E-state index contributed by atoms with van der Waals surface area (Å²) in [6.45, 7) is 2.90. The first-order valence-corrected chi connectivity index (χ1v) is 8.29. The molecule has 4 heteroatoms. The third-order valence-corrected chi connectivity index (χ3v) is 5.14. The molecule has 0 aliphatic heterocycles. The number of nitrogens with one attached hydrogen (secondary N) is 1. The van der Waals surface area contributed by atoms with E-state index in [-0.39, 0.29) is 5.41 Å². The Hall–Kier alpha value is -1.35. The zero-order chi connectivity index (χ0) is 14.7. The van der Waals surface area contributed by atoms with E-state index in [0.29, 0.717) is 0 Å². The van der Waals surface area contributed by atoms with Crippen molar-refractivity contribution in [1.82, 2.24) is 9.97 Å². The summed E-state index contributed by atoms with van der Waals surface area (Å²) in [7, 11) is 0. The standard InChI is InChI=1S/C17H22ClN3/c1-13-16(21-15-8-4-3-7-14(15)20-13)19-12-17(11-18)9-5-2-6-10-17/h3-4,7-8H,2,5-6,9-12H2,1H3,(H,19,21). The molecule has 1 aliphatic carbocycles. The van der Waals surface area contributed by atoms with Crippen LogP contribution in [0, 0.1) is 12.3 Å². The molecule has 1 heterocycles. The lowest BCUT2D eigenvalue weighted by Crippen LogP contribution is -2.34. The van der Waals surface area contributed by atoms with Crippen molar-refractivity contribution in [3.8, 4) is 0 Å². The van der Waals surface area contributed by atoms with Crippen LogP contribution in [0.1, 0.15) is 37.8 Å². The fourth-order valence-corrected chi connectivity index (χ4v) is 3.55. The van der Waals surface area contributed by atoms with Gasteiger partial charge in [0.25, 0.3) is 0 Å². The van der Waals surface area contributed by atoms with Crippen molar-refractivity contribution >= 4 is 28.5 Å². The molecule has 3 rings (SSSR count). The average Bonchev–Trinajstić information content (AvgIpc) is 2.54. The van der Waals surface area contributed by atoms with Crippen LogP contribution < -0.4 is 5.32 Å². The molecule has 1 aliphatic rings. The topological polar surface area (TPSA) is 37.8 Å². The number of hydrogen-bond donors (Lipinski definition) is 1. The lowest BCUT2D eigenvalue weighted by molar-refractivity contribution is 0.238. The number of fused-ring (bicyclic) bond motifs is 1. The van der Waals surface area contributed by atoms with Gasteiger partial charge in [-0.3, -0.25) is 0 Å². The Bertz CT molecular complexity index is 620. The van der Waals surface area contributed by atoms with Gasteiger partial charge in [-0.1, -0.05) is 31.4 Å². The van der Waals surface area contributed by atoms with Gasteiger partial charge >= 0.3 is 0 Å². The molecule has 0 amide bonds. The van der Waals surface area contributed by atoms with Gasteiger partial charge in [-0.2, -0.15) is 0 Å². The molecular weight excluding hydrogens is 282 g/mol. The normalized spacial score (nSPS) is 17.8. The first-order chi connectivity index (χ1) is 10.2. The van der Waals surface area contributed by atoms with Crippen molar-refractivity contribution < 1.29 is 0 Å². The molecule has 1 aromatic carbocycles. The van der Waals surface area contributed by atoms with Crippen LogP contribution in [0.4, 0.5) is 5.82 Å². The molecule has 0 spiro atoms. The molecule has 1 saturated carbocycles. The monoisotopic (exact) mass is 303 g/mol. The highest BCUT2D eigenvalue weighted by molar-refractivity contribution is 6.18. The highest BCUT2D eigenvalue weighted by Crippen LogP contribution is 2.37. The molecule has 1 aromatic heterocycles. The Kier molecular flexibility index (Phi) is 4.29. The first kappa shape index (κ1) is 14.6. The fourth-order valence-electron chi connectivity index (χ4n) is 3.19. The van der Waals surface area contributed by atoms with Crippen LogP contribution in [0.25, 0.3) is 11.0 Å². The van der Waals surface area contributed by atoms with Crippen LogP contribution in [0.2, 0.25) is 0 Å². The number of benzene rings is 1. The SMILES string of the molecule is Cc1nc2ccccc2nc1NCC1(CCl)CCCCC1. The fraction of sp³-hybridized carbons (Fsp3) is 0.529. The van der Waals surface area contributed by atoms with E-state index in [0.717, 1.165) is 35.0 Å². The van der Waals surface area contributed by atoms with Gasteiger partial charge in [0.05, 0.1) is 16.7 Å². The third-order valence-electron chi connectivity index (χ3n) is 4.57. The molecule has 0 radical (unpaired) electrons. The van der Waals surface area contributed by atoms with Crippen LogP contribution >= 0.6 is 11.6 Å². The lowest BCUT2D eigenvalue weighted by Gasteiger charge is -2.35. The van der Waals surface area contributed by atoms with E-state index in [1.54, 1.807) is 0 Å². The number of aryl methyl sites for hydroxylation is 1. The van der Waals surface area contributed by atoms with E-state index in [2.05, 4.69) is 10.3 Å². The summed E-state index contributed by atoms with van der Waals surface area (Å²) < 4.78 is 0. The summed E-state index contributed by atoms with van der Waals surface area (Å²) in [4.78, 5) is 9.34. The zero-order valence-corrected chi connectivity index (χ0v) is 13.3. The highest BCUT2D eigenvalue weighted by atomic mass is 35.5. The molecule has 1 N–H and O–H groups in total. The average molecular weight is 304 g/mol. The number of para-hydroxylation sites is 2. The third kappa shape index (κ3) is 3.13. The van der Waals surface area contributed by atoms with Crippen LogP contribution in [-0.4, -0.2) is 22.4 Å². The largest absolute Gasteiger partial charge is 0.368 e. The summed E-state index contributed by atoms with van der Waals surface area (Å²) in [5.74, 6) is 1.61. The Balaban J connectivity index is 1.79. The van der Waals surface area contributed by atoms with Gasteiger partial charge in [-0.05, 0) is 31.9 Å². The molecule has 0 atom stereocenters. The minimum Gasteiger partial charge on any atom is -0.368 e. The second kappa shape index (κ2) is 6.18. The summed E-state index contributed by atoms with van der Waals surface area (Å²) in [6, 6.07) is 8.00. The van der Waals surface area contributed by atoms with E-state index in [1.807, 2.05) is 31.2 Å². The van der Waals surface area contributed by atoms with E-state index in [4.69, 9.17) is 16.6 Å². The maximum Gasteiger partial charge on any atom is 0.148 e. The van der Waals surface area contributed by atoms with Crippen molar-refractivity contribution in [2.75, 3.05) is 17.7 Å². The minimum atomic E-state index is 0.222. The predicted octanol–water partition coefficient (Wildman–Crippen LogP) is 4.54. The highest BCUT2D eigenvalue weighted by Gasteiger charge is 2.31. The van der Waals surface area contributed by atoms with Gasteiger partial charge in [0.2, 0.25) is 0 Å². The van der Waals surface area contributed by atoms with Crippen molar-refractivity contribution in [2.24, 2.45) is 5.41 Å². The molecule has 0 unspecified atom stereocenters. The second-order valence-electron chi connectivity index (χ2n) is 6.19. The number of rotatable bonds is 4. The molecule has 112 valence electrons. The van der Waals surface area contributed by atoms with E-state index >= 15 is 0 Å². The van der Waals surface area contributed by atoms with Gasteiger partial charge in [0.1, 0.15) is 5.82 Å². The Morgan fingerprint density at radius 3 is 2.43 bits per heavy atom. The van der Waals surface area contributed by atoms with E-state index in [9.17, 15) is 0 Å². The Morgan fingerprint density at radius 2 is 1.76 bits per heavy atom. The molecule has 2 aromatic rings. The first-order valence-electron chi connectivity index (χ1n) is 7.76. The van der Waals surface area contributed by atoms with Crippen LogP contribution in [-0.2, 0) is 0 Å². The number of anilines is 1. The maximum atomic E-state index is 6.26. The second-order valence-corrected chi connectivity index (χ2v) is 6.46. The summed E-state index contributed by atoms with van der Waals surface area (Å²) in [5, 5.41) is 3.51. The lowest BCUT2D eigenvalue weighted by atomic mass is 9.75. The van der Waals surface area contributed by atoms with Gasteiger partial charge in [-0.15, -0.1) is 11.6 Å². The van der Waals surface area contributed by atoms with Gasteiger partial charge in [-0.25, -0.2) is 9.97 Å². The van der Waals surface area contributed by atoms with Crippen LogP contribution in [0.3, 0.4) is 0 Å². The molecule has 1 fully saturated rings. The quantitative estimate of drug-likeness (QED) is 0.843. The van der Waals surface area contributed by atoms with Gasteiger partial charge in [0.15, 0.2) is 0 Å². The number of nitrogens with zero attached hydrogens (tertiary/aromatic N) is 2. The van der Waals surface area contributed by atoms with Crippen molar-refractivity contribution in [3.63, 3.8) is 0 Å². The van der Waals surface area contributed by atoms with Crippen molar-refractivity contribution in [3.05, 3.63) is 30.0 Å². The number of hydrogen-bond acceptors (Lipinski definition) is 3. The Labute approximate surface area is 131 Å². The molecule has 21 heavy (non-hydrogen) atoms. The molecule has 0 bridgehead atoms. The van der Waals surface area contributed by atoms with E-state index in [1.165, 1.54) is 32.1 Å². The van der Waals surface area contributed by atoms with Gasteiger partial charge in [0, 0.05) is 17.8 Å². The van der Waals surface area contributed by atoms with Crippen molar-refractivity contribution in [1.29, 1.82) is 0 Å². The number of halogens is 1. The van der Waals surface area contributed by atoms with E-state index < -0.39 is 0 Å². The van der Waals surface area contributed by atoms with Crippen molar-refractivity contribution in [2.45, 2.75) is 39.0 Å². The molecule has 0 saturated heterocycles. The summed E-state index contributed by atoms with van der Waals surface area (Å²) in [5.41, 5.74) is 3.06. The Morgan fingerprint density at radius 1 is 1.10 bits per heavy atom. The smallest absolute Gasteiger partial charge is 0.148 e. The molecular formula is C17H22ClN3. The van der Waals surface area contributed by atoms with Gasteiger partial charge < -0.3 is 5.32 Å². The minimum absolute atomic E-state index is 0.222. The number of aromatic nitrogens is 2. The summed E-state index contributed by atoms with van der Waals surface area (Å²) >= 11 is 6.26.